The molecule has 2 aromatic rings. The Balaban J connectivity index is 2.42. The minimum Gasteiger partial charge on any atom is -0.494 e. The molecule has 2 N–H and O–H groups in total. The molecular weight excluding hydrogens is 273 g/mol. The molecule has 0 amide bonds. The molecule has 0 radical (unpaired) electrons. The number of aliphatic carboxylic acids is 1. The summed E-state index contributed by atoms with van der Waals surface area (Å²) < 4.78 is 18.7. The second-order valence-corrected chi connectivity index (χ2v) is 4.77. The van der Waals surface area contributed by atoms with E-state index >= 15 is 0 Å². The number of nitrogens with one attached hydrogen (secondary N) is 1. The van der Waals surface area contributed by atoms with Gasteiger partial charge in [0.05, 0.1) is 7.11 Å². The van der Waals surface area contributed by atoms with Crippen LogP contribution in [0.1, 0.15) is 12.5 Å². The van der Waals surface area contributed by atoms with E-state index in [1.165, 1.54) is 32.2 Å². The van der Waals surface area contributed by atoms with Gasteiger partial charge in [-0.15, -0.1) is 0 Å². The fourth-order valence-corrected chi connectivity index (χ4v) is 2.04. The highest BCUT2D eigenvalue weighted by Crippen LogP contribution is 2.29. The number of halogens is 1. The summed E-state index contributed by atoms with van der Waals surface area (Å²) >= 11 is 0. The highest BCUT2D eigenvalue weighted by Gasteiger charge is 2.35. The molecule has 1 unspecified atom stereocenters. The Morgan fingerprint density at radius 1 is 1.24 bits per heavy atom. The van der Waals surface area contributed by atoms with Crippen LogP contribution < -0.4 is 10.1 Å². The number of carboxylic acids is 1. The quantitative estimate of drug-likeness (QED) is 0.887. The Kier molecular flexibility index (Phi) is 4.12. The molecule has 2 rings (SSSR count). The van der Waals surface area contributed by atoms with Gasteiger partial charge in [-0.25, -0.2) is 9.18 Å². The first kappa shape index (κ1) is 14.8. The molecule has 0 aliphatic heterocycles. The normalized spacial score (nSPS) is 13.3. The molecule has 0 spiro atoms. The van der Waals surface area contributed by atoms with Gasteiger partial charge in [-0.3, -0.25) is 0 Å². The Morgan fingerprint density at radius 2 is 1.90 bits per heavy atom. The van der Waals surface area contributed by atoms with Crippen molar-refractivity contribution in [1.82, 2.24) is 0 Å². The molecule has 1 atom stereocenters. The first-order chi connectivity index (χ1) is 9.97. The third kappa shape index (κ3) is 2.97. The van der Waals surface area contributed by atoms with Crippen molar-refractivity contribution in [3.8, 4) is 5.75 Å². The van der Waals surface area contributed by atoms with Crippen LogP contribution in [0.25, 0.3) is 0 Å². The van der Waals surface area contributed by atoms with Gasteiger partial charge in [-0.05, 0) is 36.8 Å². The SMILES string of the molecule is COc1ccc(C(C)(Nc2ccccc2)C(=O)O)cc1F. The fourth-order valence-electron chi connectivity index (χ4n) is 2.04. The molecule has 5 heteroatoms. The minimum absolute atomic E-state index is 0.0752. The van der Waals surface area contributed by atoms with Gasteiger partial charge in [0.2, 0.25) is 0 Å². The number of benzene rings is 2. The maximum atomic E-state index is 13.8. The minimum atomic E-state index is -1.45. The van der Waals surface area contributed by atoms with Gasteiger partial charge in [0.15, 0.2) is 17.1 Å². The maximum Gasteiger partial charge on any atom is 0.333 e. The van der Waals surface area contributed by atoms with Crippen molar-refractivity contribution in [2.24, 2.45) is 0 Å². The van der Waals surface area contributed by atoms with E-state index in [0.717, 1.165) is 0 Å². The highest BCUT2D eigenvalue weighted by atomic mass is 19.1. The number of hydrogen-bond acceptors (Lipinski definition) is 3. The van der Waals surface area contributed by atoms with Gasteiger partial charge < -0.3 is 15.2 Å². The summed E-state index contributed by atoms with van der Waals surface area (Å²) in [6, 6.07) is 13.0. The number of anilines is 1. The van der Waals surface area contributed by atoms with E-state index in [2.05, 4.69) is 5.32 Å². The Hall–Kier alpha value is -2.56. The summed E-state index contributed by atoms with van der Waals surface area (Å²) in [4.78, 5) is 11.7. The molecule has 0 aromatic heterocycles. The molecule has 2 aromatic carbocycles. The molecule has 0 saturated heterocycles. The van der Waals surface area contributed by atoms with E-state index in [9.17, 15) is 14.3 Å². The maximum absolute atomic E-state index is 13.8. The monoisotopic (exact) mass is 289 g/mol. The second kappa shape index (κ2) is 5.83. The van der Waals surface area contributed by atoms with E-state index in [0.29, 0.717) is 11.3 Å². The molecule has 0 heterocycles. The van der Waals surface area contributed by atoms with Crippen LogP contribution in [0.2, 0.25) is 0 Å². The van der Waals surface area contributed by atoms with Crippen LogP contribution in [0.4, 0.5) is 10.1 Å². The lowest BCUT2D eigenvalue weighted by Crippen LogP contribution is -2.40. The van der Waals surface area contributed by atoms with Crippen LogP contribution in [-0.4, -0.2) is 18.2 Å². The highest BCUT2D eigenvalue weighted by molar-refractivity contribution is 5.84. The van der Waals surface area contributed by atoms with Gasteiger partial charge in [-0.2, -0.15) is 0 Å². The predicted octanol–water partition coefficient (Wildman–Crippen LogP) is 3.25. The standard InChI is InChI=1S/C16H16FNO3/c1-16(15(19)20,18-12-6-4-3-5-7-12)11-8-9-14(21-2)13(17)10-11/h3-10,18H,1-2H3,(H,19,20). The van der Waals surface area contributed by atoms with Crippen LogP contribution in [0.3, 0.4) is 0 Å². The first-order valence-electron chi connectivity index (χ1n) is 6.38. The summed E-state index contributed by atoms with van der Waals surface area (Å²) in [7, 11) is 1.36. The lowest BCUT2D eigenvalue weighted by Gasteiger charge is -2.28. The van der Waals surface area contributed by atoms with Crippen molar-refractivity contribution in [3.63, 3.8) is 0 Å². The van der Waals surface area contributed by atoms with E-state index in [1.807, 2.05) is 6.07 Å². The van der Waals surface area contributed by atoms with E-state index in [4.69, 9.17) is 4.74 Å². The summed E-state index contributed by atoms with van der Waals surface area (Å²) in [5.41, 5.74) is -0.509. The van der Waals surface area contributed by atoms with Crippen molar-refractivity contribution in [3.05, 3.63) is 59.9 Å². The van der Waals surface area contributed by atoms with Crippen LogP contribution in [-0.2, 0) is 10.3 Å². The molecule has 0 aliphatic rings. The van der Waals surface area contributed by atoms with Gasteiger partial charge in [0, 0.05) is 5.69 Å². The largest absolute Gasteiger partial charge is 0.494 e. The first-order valence-corrected chi connectivity index (χ1v) is 6.38. The molecule has 4 nitrogen and oxygen atoms in total. The van der Waals surface area contributed by atoms with Gasteiger partial charge in [0.1, 0.15) is 0 Å². The Bertz CT molecular complexity index is 645. The van der Waals surface area contributed by atoms with Crippen molar-refractivity contribution in [2.45, 2.75) is 12.5 Å². The van der Waals surface area contributed by atoms with Crippen LogP contribution >= 0.6 is 0 Å². The van der Waals surface area contributed by atoms with Crippen molar-refractivity contribution >= 4 is 11.7 Å². The van der Waals surface area contributed by atoms with Crippen molar-refractivity contribution in [1.29, 1.82) is 0 Å². The summed E-state index contributed by atoms with van der Waals surface area (Å²) in [5.74, 6) is -1.63. The Morgan fingerprint density at radius 3 is 2.43 bits per heavy atom. The zero-order valence-electron chi connectivity index (χ0n) is 11.8. The average molecular weight is 289 g/mol. The third-order valence-electron chi connectivity index (χ3n) is 3.33. The van der Waals surface area contributed by atoms with Crippen molar-refractivity contribution in [2.75, 3.05) is 12.4 Å². The molecule has 21 heavy (non-hydrogen) atoms. The summed E-state index contributed by atoms with van der Waals surface area (Å²) in [5, 5.41) is 12.5. The second-order valence-electron chi connectivity index (χ2n) is 4.77. The molecule has 0 saturated carbocycles. The third-order valence-corrected chi connectivity index (χ3v) is 3.33. The van der Waals surface area contributed by atoms with E-state index < -0.39 is 17.3 Å². The Labute approximate surface area is 122 Å². The van der Waals surface area contributed by atoms with Gasteiger partial charge in [0.25, 0.3) is 0 Å². The molecular formula is C16H16FNO3. The smallest absolute Gasteiger partial charge is 0.333 e. The van der Waals surface area contributed by atoms with Gasteiger partial charge in [-0.1, -0.05) is 24.3 Å². The lowest BCUT2D eigenvalue weighted by molar-refractivity contribution is -0.142. The lowest BCUT2D eigenvalue weighted by atomic mass is 9.91. The van der Waals surface area contributed by atoms with Crippen molar-refractivity contribution < 1.29 is 19.0 Å². The zero-order chi connectivity index (χ0) is 15.5. The van der Waals surface area contributed by atoms with Crippen LogP contribution in [0, 0.1) is 5.82 Å². The molecule has 0 aliphatic carbocycles. The summed E-state index contributed by atoms with van der Waals surface area (Å²) in [6.07, 6.45) is 0. The number of carbonyl (C=O) groups is 1. The number of carboxylic acid groups (broad SMARTS) is 1. The topological polar surface area (TPSA) is 58.6 Å². The average Bonchev–Trinajstić information content (AvgIpc) is 2.47. The molecule has 0 fully saturated rings. The number of methoxy groups -OCH3 is 1. The number of ether oxygens (including phenoxy) is 1. The number of rotatable bonds is 5. The van der Waals surface area contributed by atoms with Crippen LogP contribution in [0.5, 0.6) is 5.75 Å². The van der Waals surface area contributed by atoms with E-state index in [1.54, 1.807) is 24.3 Å². The summed E-state index contributed by atoms with van der Waals surface area (Å²) in [6.45, 7) is 1.49. The van der Waals surface area contributed by atoms with Crippen LogP contribution in [0.15, 0.2) is 48.5 Å². The fraction of sp³-hybridized carbons (Fsp3) is 0.188. The molecule has 0 bridgehead atoms. The van der Waals surface area contributed by atoms with Gasteiger partial charge >= 0.3 is 5.97 Å². The zero-order valence-corrected chi connectivity index (χ0v) is 11.8. The number of para-hydroxylation sites is 1. The predicted molar refractivity (Wildman–Crippen MR) is 78.0 cm³/mol. The van der Waals surface area contributed by atoms with E-state index in [-0.39, 0.29) is 5.75 Å². The molecule has 110 valence electrons. The number of hydrogen-bond donors (Lipinski definition) is 2.